The van der Waals surface area contributed by atoms with E-state index >= 15 is 9.59 Å². The van der Waals surface area contributed by atoms with Crippen molar-refractivity contribution in [2.75, 3.05) is 28.4 Å². The summed E-state index contributed by atoms with van der Waals surface area (Å²) in [6.45, 7) is 8.75. The summed E-state index contributed by atoms with van der Waals surface area (Å²) < 4.78 is 24.3. The molecule has 346 valence electrons. The molecule has 0 bridgehead atoms. The Bertz CT molecular complexity index is 2260. The second-order valence-corrected chi connectivity index (χ2v) is 17.9. The summed E-state index contributed by atoms with van der Waals surface area (Å²) in [6.07, 6.45) is 21.0. The summed E-state index contributed by atoms with van der Waals surface area (Å²) in [6, 6.07) is 7.07. The predicted molar refractivity (Wildman–Crippen MR) is 260 cm³/mol. The number of hydrogen-bond acceptors (Lipinski definition) is 8. The van der Waals surface area contributed by atoms with E-state index in [0.29, 0.717) is 71.5 Å². The van der Waals surface area contributed by atoms with Crippen LogP contribution in [-0.4, -0.2) is 69.4 Å². The number of benzene rings is 5. The van der Waals surface area contributed by atoms with E-state index in [4.69, 9.17) is 18.9 Å². The summed E-state index contributed by atoms with van der Waals surface area (Å²) in [5, 5.41) is 8.35. The number of hydrogen-bond donors (Lipinski definition) is 1. The molecule has 1 aliphatic rings. The Morgan fingerprint density at radius 1 is 0.531 bits per heavy atom. The van der Waals surface area contributed by atoms with Gasteiger partial charge in [-0.1, -0.05) is 130 Å². The quantitative estimate of drug-likeness (QED) is 0.0173. The molecule has 0 fully saturated rings. The number of fused-ring (bicyclic) bond motifs is 2. The molecule has 1 heterocycles. The lowest BCUT2D eigenvalue weighted by molar-refractivity contribution is 0.0512. The Balaban J connectivity index is 1.62. The fourth-order valence-corrected chi connectivity index (χ4v) is 10.3. The van der Waals surface area contributed by atoms with Gasteiger partial charge in [0.2, 0.25) is 0 Å². The maximum atomic E-state index is 15.1. The fraction of sp³-hybridized carbons (Fsp3) is 0.556. The Morgan fingerprint density at radius 3 is 1.33 bits per heavy atom. The minimum Gasteiger partial charge on any atom is -0.496 e. The lowest BCUT2D eigenvalue weighted by Crippen LogP contribution is -2.47. The van der Waals surface area contributed by atoms with Crippen molar-refractivity contribution in [2.45, 2.75) is 168 Å². The monoisotopic (exact) mass is 877 g/mol. The summed E-state index contributed by atoms with van der Waals surface area (Å²) in [5.41, 5.74) is 1.14. The number of aldehydes is 1. The zero-order chi connectivity index (χ0) is 45.9. The van der Waals surface area contributed by atoms with Gasteiger partial charge in [-0.15, -0.1) is 0 Å². The van der Waals surface area contributed by atoms with Gasteiger partial charge in [-0.2, -0.15) is 0 Å². The van der Waals surface area contributed by atoms with Crippen molar-refractivity contribution in [1.82, 2.24) is 10.2 Å². The molecular formula is C54H72N2O8. The van der Waals surface area contributed by atoms with Crippen LogP contribution in [0, 0.1) is 0 Å². The van der Waals surface area contributed by atoms with Gasteiger partial charge in [0.15, 0.2) is 6.29 Å². The maximum absolute atomic E-state index is 15.1. The molecule has 3 amide bonds. The molecule has 10 nitrogen and oxygen atoms in total. The third kappa shape index (κ3) is 9.48. The number of unbranched alkanes of at least 4 members (excludes halogenated alkanes) is 12. The summed E-state index contributed by atoms with van der Waals surface area (Å²) in [5.74, 6) is 0.186. The number of methoxy groups -OCH3 is 4. The average Bonchev–Trinajstić information content (AvgIpc) is 3.31. The molecule has 0 saturated carbocycles. The van der Waals surface area contributed by atoms with Crippen LogP contribution in [0.2, 0.25) is 0 Å². The highest BCUT2D eigenvalue weighted by Gasteiger charge is 2.42. The van der Waals surface area contributed by atoms with Gasteiger partial charge in [-0.25, -0.2) is 0 Å². The third-order valence-electron chi connectivity index (χ3n) is 13.7. The molecule has 1 N–H and O–H groups in total. The van der Waals surface area contributed by atoms with E-state index in [0.717, 1.165) is 135 Å². The Labute approximate surface area is 380 Å². The van der Waals surface area contributed by atoms with Crippen LogP contribution < -0.4 is 24.3 Å². The van der Waals surface area contributed by atoms with E-state index < -0.39 is 0 Å². The average molecular weight is 877 g/mol. The first kappa shape index (κ1) is 48.3. The minimum absolute atomic E-state index is 0.0504. The standard InChI is InChI=1S/C54H72N2O8/c1-9-13-17-21-25-34(26-22-18-14-10-2)55-52(58)48-42(62-6)30-37-39-32-44(64-8)50-51-46(39)38(36-29-41(61-5)40(33-57)47(48)45(36)37)31-43(63-7)49(51)53(59)56(54(50)60)35(27-23-19-15-11-3)28-24-20-16-12-4/h29-35H,9-28H2,1-8H3,(H,55,58). The van der Waals surface area contributed by atoms with Gasteiger partial charge in [0.05, 0.1) is 50.7 Å². The molecule has 5 aromatic rings. The highest BCUT2D eigenvalue weighted by molar-refractivity contribution is 6.41. The second kappa shape index (κ2) is 22.7. The van der Waals surface area contributed by atoms with Crippen LogP contribution in [0.15, 0.2) is 24.3 Å². The van der Waals surface area contributed by atoms with Crippen LogP contribution in [0.1, 0.15) is 198 Å². The summed E-state index contributed by atoms with van der Waals surface area (Å²) >= 11 is 0. The summed E-state index contributed by atoms with van der Waals surface area (Å²) in [7, 11) is 6.13. The number of ether oxygens (including phenoxy) is 4. The molecule has 0 aromatic heterocycles. The van der Waals surface area contributed by atoms with Gasteiger partial charge >= 0.3 is 0 Å². The van der Waals surface area contributed by atoms with Gasteiger partial charge in [-0.05, 0) is 82.3 Å². The molecule has 5 aromatic carbocycles. The molecule has 0 radical (unpaired) electrons. The molecule has 0 atom stereocenters. The maximum Gasteiger partial charge on any atom is 0.265 e. The predicted octanol–water partition coefficient (Wildman–Crippen LogP) is 13.5. The van der Waals surface area contributed by atoms with Gasteiger partial charge in [0, 0.05) is 22.9 Å². The van der Waals surface area contributed by atoms with Crippen LogP contribution in [0.25, 0.3) is 43.1 Å². The van der Waals surface area contributed by atoms with Gasteiger partial charge in [-0.3, -0.25) is 24.1 Å². The van der Waals surface area contributed by atoms with Gasteiger partial charge in [0.25, 0.3) is 17.7 Å². The van der Waals surface area contributed by atoms with Crippen molar-refractivity contribution in [1.29, 1.82) is 0 Å². The molecule has 0 spiro atoms. The second-order valence-electron chi connectivity index (χ2n) is 17.9. The van der Waals surface area contributed by atoms with Crippen molar-refractivity contribution >= 4 is 67.1 Å². The van der Waals surface area contributed by atoms with E-state index in [1.54, 1.807) is 14.2 Å². The van der Waals surface area contributed by atoms with E-state index in [2.05, 4.69) is 33.0 Å². The minimum atomic E-state index is -0.371. The van der Waals surface area contributed by atoms with Crippen molar-refractivity contribution < 1.29 is 38.1 Å². The number of carbonyl (C=O) groups excluding carboxylic acids is 4. The number of nitrogens with one attached hydrogen (secondary N) is 1. The van der Waals surface area contributed by atoms with Crippen LogP contribution >= 0.6 is 0 Å². The smallest absolute Gasteiger partial charge is 0.265 e. The van der Waals surface area contributed by atoms with E-state index in [1.807, 2.05) is 24.3 Å². The first-order valence-corrected chi connectivity index (χ1v) is 24.4. The van der Waals surface area contributed by atoms with E-state index in [9.17, 15) is 9.59 Å². The lowest BCUT2D eigenvalue weighted by atomic mass is 9.81. The molecule has 0 aliphatic carbocycles. The zero-order valence-corrected chi connectivity index (χ0v) is 39.9. The molecule has 0 saturated heterocycles. The van der Waals surface area contributed by atoms with Crippen LogP contribution in [0.3, 0.4) is 0 Å². The normalized spacial score (nSPS) is 12.8. The number of amides is 3. The molecular weight excluding hydrogens is 805 g/mol. The first-order chi connectivity index (χ1) is 31.2. The van der Waals surface area contributed by atoms with E-state index in [-0.39, 0.29) is 46.7 Å². The van der Waals surface area contributed by atoms with Crippen molar-refractivity contribution in [3.8, 4) is 23.0 Å². The Hall–Kier alpha value is -5.12. The fourth-order valence-electron chi connectivity index (χ4n) is 10.3. The van der Waals surface area contributed by atoms with Crippen LogP contribution in [-0.2, 0) is 0 Å². The molecule has 6 rings (SSSR count). The number of carbonyl (C=O) groups is 4. The Kier molecular flexibility index (Phi) is 17.1. The molecule has 10 heteroatoms. The zero-order valence-electron chi connectivity index (χ0n) is 39.9. The van der Waals surface area contributed by atoms with E-state index in [1.165, 1.54) is 19.1 Å². The lowest BCUT2D eigenvalue weighted by Gasteiger charge is -2.36. The molecule has 0 unspecified atom stereocenters. The summed E-state index contributed by atoms with van der Waals surface area (Å²) in [4.78, 5) is 59.9. The molecule has 1 aliphatic heterocycles. The number of imide groups is 1. The van der Waals surface area contributed by atoms with Crippen molar-refractivity contribution in [2.24, 2.45) is 0 Å². The van der Waals surface area contributed by atoms with Crippen molar-refractivity contribution in [3.05, 3.63) is 46.5 Å². The first-order valence-electron chi connectivity index (χ1n) is 24.4. The topological polar surface area (TPSA) is 120 Å². The largest absolute Gasteiger partial charge is 0.496 e. The SMILES string of the molecule is CCCCCCC(CCCCCC)NC(=O)c1c(OC)cc2c3cc(OC)c4c5c(c(OC)cc(c6cc(OC)c(C=O)c1c62)c53)C(=O)N(C(CCCCCC)CCCCCC)C4=O. The van der Waals surface area contributed by atoms with Gasteiger partial charge < -0.3 is 24.3 Å². The van der Waals surface area contributed by atoms with Crippen molar-refractivity contribution in [3.63, 3.8) is 0 Å². The number of nitrogens with zero attached hydrogens (tertiary/aromatic N) is 1. The van der Waals surface area contributed by atoms with Gasteiger partial charge in [0.1, 0.15) is 23.0 Å². The Morgan fingerprint density at radius 2 is 0.922 bits per heavy atom. The number of rotatable bonds is 28. The third-order valence-corrected chi connectivity index (χ3v) is 13.7. The highest BCUT2D eigenvalue weighted by Crippen LogP contribution is 2.52. The molecule has 64 heavy (non-hydrogen) atoms. The van der Waals surface area contributed by atoms with Crippen LogP contribution in [0.4, 0.5) is 0 Å². The van der Waals surface area contributed by atoms with Crippen LogP contribution in [0.5, 0.6) is 23.0 Å². The highest BCUT2D eigenvalue weighted by atomic mass is 16.5.